The predicted octanol–water partition coefficient (Wildman–Crippen LogP) is 2.56. The maximum absolute atomic E-state index is 10.8. The Kier molecular flexibility index (Phi) is 14.1. The minimum atomic E-state index is 0.104. The molecule has 0 aromatic rings. The number of carbonyl (C=O) groups is 1. The molecule has 1 saturated heterocycles. The molecule has 0 aromatic heterocycles. The van der Waals surface area contributed by atoms with Crippen LogP contribution in [-0.4, -0.2) is 19.2 Å². The molecule has 1 atom stereocenters. The van der Waals surface area contributed by atoms with E-state index in [1.807, 2.05) is 20.8 Å². The normalized spacial score (nSPS) is 20.4. The Morgan fingerprint density at radius 1 is 1.43 bits per heavy atom. The fourth-order valence-corrected chi connectivity index (χ4v) is 0.760. The molecular formula is C11H25NO2. The molecule has 3 nitrogen and oxygen atoms in total. The lowest BCUT2D eigenvalue weighted by Gasteiger charge is -2.02. The standard InChI is InChI=1S/C6H11NO2.C3H8.C2H6/c1-5-2-3-9-4-7-6(5)8;1-3-2;1-2/h5H,2-4H2,1H3,(H,7,8);3H2,1-2H3;1-2H3. The van der Waals surface area contributed by atoms with Crippen LogP contribution in [-0.2, 0) is 9.53 Å². The van der Waals surface area contributed by atoms with Gasteiger partial charge in [0.25, 0.3) is 0 Å². The molecule has 1 heterocycles. The predicted molar refractivity (Wildman–Crippen MR) is 60.1 cm³/mol. The van der Waals surface area contributed by atoms with Crippen molar-refractivity contribution in [1.82, 2.24) is 5.32 Å². The van der Waals surface area contributed by atoms with E-state index in [0.717, 1.165) is 6.42 Å². The monoisotopic (exact) mass is 203 g/mol. The second-order valence-electron chi connectivity index (χ2n) is 2.99. The minimum Gasteiger partial charge on any atom is -0.361 e. The van der Waals surface area contributed by atoms with Crippen molar-refractivity contribution in [3.63, 3.8) is 0 Å². The third-order valence-corrected chi connectivity index (χ3v) is 1.49. The molecule has 14 heavy (non-hydrogen) atoms. The highest BCUT2D eigenvalue weighted by atomic mass is 16.5. The van der Waals surface area contributed by atoms with E-state index in [1.165, 1.54) is 6.42 Å². The van der Waals surface area contributed by atoms with E-state index < -0.39 is 0 Å². The molecule has 0 aliphatic carbocycles. The fraction of sp³-hybridized carbons (Fsp3) is 0.909. The molecule has 0 aromatic carbocycles. The number of carbonyl (C=O) groups excluding carboxylic acids is 1. The molecule has 0 bridgehead atoms. The quantitative estimate of drug-likeness (QED) is 0.657. The van der Waals surface area contributed by atoms with Gasteiger partial charge in [-0.15, -0.1) is 0 Å². The van der Waals surface area contributed by atoms with E-state index in [4.69, 9.17) is 4.74 Å². The number of rotatable bonds is 0. The maximum atomic E-state index is 10.8. The average molecular weight is 203 g/mol. The van der Waals surface area contributed by atoms with E-state index in [1.54, 1.807) is 0 Å². The summed E-state index contributed by atoms with van der Waals surface area (Å²) in [5.74, 6) is 0.222. The van der Waals surface area contributed by atoms with E-state index >= 15 is 0 Å². The summed E-state index contributed by atoms with van der Waals surface area (Å²) < 4.78 is 5.00. The molecule has 1 aliphatic heterocycles. The molecule has 0 spiro atoms. The van der Waals surface area contributed by atoms with Crippen LogP contribution in [0.3, 0.4) is 0 Å². The van der Waals surface area contributed by atoms with Gasteiger partial charge in [0.15, 0.2) is 0 Å². The molecule has 3 heteroatoms. The average Bonchev–Trinajstić information content (AvgIpc) is 2.37. The van der Waals surface area contributed by atoms with E-state index in [9.17, 15) is 4.79 Å². The number of amides is 1. The molecule has 0 radical (unpaired) electrons. The fourth-order valence-electron chi connectivity index (χ4n) is 0.760. The summed E-state index contributed by atoms with van der Waals surface area (Å²) in [5, 5.41) is 2.63. The lowest BCUT2D eigenvalue weighted by atomic mass is 10.1. The Labute approximate surface area is 88.2 Å². The van der Waals surface area contributed by atoms with Crippen molar-refractivity contribution in [2.75, 3.05) is 13.3 Å². The Balaban J connectivity index is 0. The maximum Gasteiger partial charge on any atom is 0.224 e. The first-order chi connectivity index (χ1) is 6.72. The molecule has 1 amide bonds. The molecule has 1 unspecified atom stereocenters. The lowest BCUT2D eigenvalue weighted by Crippen LogP contribution is -2.27. The molecule has 86 valence electrons. The number of hydrogen-bond donors (Lipinski definition) is 1. The van der Waals surface area contributed by atoms with E-state index in [2.05, 4.69) is 19.2 Å². The van der Waals surface area contributed by atoms with Crippen molar-refractivity contribution in [3.05, 3.63) is 0 Å². The van der Waals surface area contributed by atoms with Gasteiger partial charge in [-0.2, -0.15) is 0 Å². The first-order valence-electron chi connectivity index (χ1n) is 5.57. The second-order valence-corrected chi connectivity index (χ2v) is 2.99. The van der Waals surface area contributed by atoms with Crippen molar-refractivity contribution < 1.29 is 9.53 Å². The summed E-state index contributed by atoms with van der Waals surface area (Å²) in [5.41, 5.74) is 0. The zero-order valence-electron chi connectivity index (χ0n) is 10.2. The highest BCUT2D eigenvalue weighted by Crippen LogP contribution is 2.03. The van der Waals surface area contributed by atoms with Crippen molar-refractivity contribution in [1.29, 1.82) is 0 Å². The largest absolute Gasteiger partial charge is 0.361 e. The number of ether oxygens (including phenoxy) is 1. The highest BCUT2D eigenvalue weighted by molar-refractivity contribution is 5.78. The van der Waals surface area contributed by atoms with Crippen molar-refractivity contribution in [2.45, 2.75) is 47.5 Å². The van der Waals surface area contributed by atoms with Gasteiger partial charge in [-0.3, -0.25) is 4.79 Å². The van der Waals surface area contributed by atoms with Gasteiger partial charge < -0.3 is 10.1 Å². The van der Waals surface area contributed by atoms with Crippen LogP contribution < -0.4 is 5.32 Å². The van der Waals surface area contributed by atoms with Gasteiger partial charge in [0.2, 0.25) is 5.91 Å². The first kappa shape index (κ1) is 15.9. The highest BCUT2D eigenvalue weighted by Gasteiger charge is 2.14. The summed E-state index contributed by atoms with van der Waals surface area (Å²) in [4.78, 5) is 10.8. The van der Waals surface area contributed by atoms with Gasteiger partial charge in [0.05, 0.1) is 0 Å². The van der Waals surface area contributed by atoms with Crippen LogP contribution in [0.25, 0.3) is 0 Å². The molecule has 1 fully saturated rings. The minimum absolute atomic E-state index is 0.104. The molecule has 1 N–H and O–H groups in total. The summed E-state index contributed by atoms with van der Waals surface area (Å²) in [7, 11) is 0. The van der Waals surface area contributed by atoms with Crippen molar-refractivity contribution >= 4 is 5.91 Å². The van der Waals surface area contributed by atoms with Crippen LogP contribution in [0.2, 0.25) is 0 Å². The Bertz CT molecular complexity index is 126. The van der Waals surface area contributed by atoms with Gasteiger partial charge in [0, 0.05) is 12.5 Å². The number of hydrogen-bond acceptors (Lipinski definition) is 2. The van der Waals surface area contributed by atoms with Crippen LogP contribution in [0, 0.1) is 5.92 Å². The van der Waals surface area contributed by atoms with Crippen molar-refractivity contribution in [2.24, 2.45) is 5.92 Å². The smallest absolute Gasteiger partial charge is 0.224 e. The Morgan fingerprint density at radius 2 is 1.93 bits per heavy atom. The van der Waals surface area contributed by atoms with Gasteiger partial charge in [-0.05, 0) is 6.42 Å². The number of nitrogens with one attached hydrogen (secondary N) is 1. The van der Waals surface area contributed by atoms with Crippen LogP contribution in [0.1, 0.15) is 47.5 Å². The zero-order chi connectivity index (χ0) is 11.4. The first-order valence-corrected chi connectivity index (χ1v) is 5.57. The van der Waals surface area contributed by atoms with Crippen LogP contribution in [0.15, 0.2) is 0 Å². The van der Waals surface area contributed by atoms with Crippen LogP contribution >= 0.6 is 0 Å². The Hall–Kier alpha value is -0.570. The third kappa shape index (κ3) is 9.52. The molecule has 0 saturated carbocycles. The Morgan fingerprint density at radius 3 is 2.43 bits per heavy atom. The van der Waals surface area contributed by atoms with Gasteiger partial charge >= 0.3 is 0 Å². The lowest BCUT2D eigenvalue weighted by molar-refractivity contribution is -0.124. The summed E-state index contributed by atoms with van der Waals surface area (Å²) in [6.45, 7) is 11.2. The molecule has 1 aliphatic rings. The molecular weight excluding hydrogens is 178 g/mol. The molecule has 1 rings (SSSR count). The van der Waals surface area contributed by atoms with Crippen molar-refractivity contribution in [3.8, 4) is 0 Å². The summed E-state index contributed by atoms with van der Waals surface area (Å²) in [6, 6.07) is 0. The van der Waals surface area contributed by atoms with Gasteiger partial charge in [0.1, 0.15) is 6.73 Å². The summed E-state index contributed by atoms with van der Waals surface area (Å²) >= 11 is 0. The topological polar surface area (TPSA) is 38.3 Å². The van der Waals surface area contributed by atoms with Gasteiger partial charge in [-0.25, -0.2) is 0 Å². The third-order valence-electron chi connectivity index (χ3n) is 1.49. The SMILES string of the molecule is CC.CC1CCOCNC1=O.CCC. The van der Waals surface area contributed by atoms with Crippen LogP contribution in [0.5, 0.6) is 0 Å². The van der Waals surface area contributed by atoms with Crippen LogP contribution in [0.4, 0.5) is 0 Å². The second kappa shape index (κ2) is 12.4. The zero-order valence-corrected chi connectivity index (χ0v) is 10.2. The van der Waals surface area contributed by atoms with E-state index in [0.29, 0.717) is 13.3 Å². The van der Waals surface area contributed by atoms with Gasteiger partial charge in [-0.1, -0.05) is 41.0 Å². The van der Waals surface area contributed by atoms with E-state index in [-0.39, 0.29) is 11.8 Å². The summed E-state index contributed by atoms with van der Waals surface area (Å²) in [6.07, 6.45) is 2.09.